The van der Waals surface area contributed by atoms with E-state index in [1.54, 1.807) is 0 Å². The van der Waals surface area contributed by atoms with Crippen LogP contribution in [0.3, 0.4) is 0 Å². The van der Waals surface area contributed by atoms with Crippen LogP contribution in [0, 0.1) is 0 Å². The van der Waals surface area contributed by atoms with Gasteiger partial charge in [-0.25, -0.2) is 0 Å². The molecule has 1 aromatic heterocycles. The molecule has 3 aromatic rings. The lowest BCUT2D eigenvalue weighted by Crippen LogP contribution is -2.43. The Balaban J connectivity index is 1.16. The summed E-state index contributed by atoms with van der Waals surface area (Å²) in [6.07, 6.45) is 0. The molecule has 35 heavy (non-hydrogen) atoms. The van der Waals surface area contributed by atoms with E-state index in [0.717, 1.165) is 63.7 Å². The van der Waals surface area contributed by atoms with Gasteiger partial charge in [0.05, 0.1) is 0 Å². The number of nitrogens with one attached hydrogen (secondary N) is 5. The Morgan fingerprint density at radius 3 is 1.63 bits per heavy atom. The Morgan fingerprint density at radius 2 is 1.14 bits per heavy atom. The maximum atomic E-state index is 12.6. The van der Waals surface area contributed by atoms with Crippen molar-refractivity contribution < 1.29 is 9.59 Å². The molecule has 2 aliphatic heterocycles. The summed E-state index contributed by atoms with van der Waals surface area (Å²) >= 11 is 0. The first-order valence-electron chi connectivity index (χ1n) is 12.0. The average molecular weight is 475 g/mol. The first-order chi connectivity index (χ1) is 17.2. The molecule has 2 amide bonds. The summed E-state index contributed by atoms with van der Waals surface area (Å²) in [4.78, 5) is 29.9. The van der Waals surface area contributed by atoms with E-state index in [1.165, 1.54) is 6.07 Å². The van der Waals surface area contributed by atoms with Gasteiger partial charge in [-0.1, -0.05) is 0 Å². The van der Waals surface area contributed by atoms with Crippen molar-refractivity contribution in [1.29, 1.82) is 0 Å². The quantitative estimate of drug-likeness (QED) is 0.369. The second kappa shape index (κ2) is 10.6. The largest absolute Gasteiger partial charge is 0.369 e. The van der Waals surface area contributed by atoms with Crippen LogP contribution in [-0.4, -0.2) is 74.4 Å². The Morgan fingerprint density at radius 1 is 0.686 bits per heavy atom. The van der Waals surface area contributed by atoms with Crippen LogP contribution in [0.25, 0.3) is 0 Å². The summed E-state index contributed by atoms with van der Waals surface area (Å²) < 4.78 is 0. The summed E-state index contributed by atoms with van der Waals surface area (Å²) in [6, 6.07) is 17.0. The summed E-state index contributed by atoms with van der Waals surface area (Å²) in [7, 11) is 0. The molecule has 0 aliphatic carbocycles. The van der Waals surface area contributed by atoms with Gasteiger partial charge in [-0.05, 0) is 48.5 Å². The Labute approximate surface area is 204 Å². The van der Waals surface area contributed by atoms with Crippen molar-refractivity contribution in [3.05, 3.63) is 66.0 Å². The predicted molar refractivity (Wildman–Crippen MR) is 138 cm³/mol. The summed E-state index contributed by atoms with van der Waals surface area (Å²) in [5.41, 5.74) is 3.98. The predicted octanol–water partition coefficient (Wildman–Crippen LogP) is 1.73. The molecular formula is C25H30N8O2. The Hall–Kier alpha value is -3.89. The zero-order chi connectivity index (χ0) is 24.0. The van der Waals surface area contributed by atoms with Crippen molar-refractivity contribution in [3.8, 4) is 0 Å². The maximum Gasteiger partial charge on any atom is 0.276 e. The van der Waals surface area contributed by atoms with Crippen LogP contribution < -0.4 is 31.1 Å². The second-order valence-electron chi connectivity index (χ2n) is 8.64. The number of benzene rings is 2. The lowest BCUT2D eigenvalue weighted by molar-refractivity contribution is 0.101. The number of nitrogens with zero attached hydrogens (tertiary/aromatic N) is 3. The summed E-state index contributed by atoms with van der Waals surface area (Å²) in [6.45, 7) is 7.72. The van der Waals surface area contributed by atoms with E-state index in [1.807, 2.05) is 48.5 Å². The molecular weight excluding hydrogens is 444 g/mol. The van der Waals surface area contributed by atoms with E-state index < -0.39 is 0 Å². The molecule has 2 aromatic carbocycles. The molecule has 0 bridgehead atoms. The maximum absolute atomic E-state index is 12.6. The molecule has 2 fully saturated rings. The van der Waals surface area contributed by atoms with E-state index in [0.29, 0.717) is 11.4 Å². The third kappa shape index (κ3) is 5.61. The summed E-state index contributed by atoms with van der Waals surface area (Å²) in [5, 5.41) is 19.0. The first-order valence-corrected chi connectivity index (χ1v) is 12.0. The molecule has 0 radical (unpaired) electrons. The third-order valence-corrected chi connectivity index (χ3v) is 6.27. The summed E-state index contributed by atoms with van der Waals surface area (Å²) in [5.74, 6) is -0.734. The first kappa shape index (κ1) is 22.9. The number of hydrogen-bond donors (Lipinski definition) is 5. The number of carbonyl (C=O) groups excluding carboxylic acids is 2. The number of carbonyl (C=O) groups is 2. The second-order valence-corrected chi connectivity index (χ2v) is 8.64. The molecule has 0 saturated carbocycles. The number of hydrogen-bond acceptors (Lipinski definition) is 7. The van der Waals surface area contributed by atoms with E-state index in [-0.39, 0.29) is 23.2 Å². The highest BCUT2D eigenvalue weighted by Gasteiger charge is 2.16. The van der Waals surface area contributed by atoms with Gasteiger partial charge in [0.2, 0.25) is 0 Å². The highest BCUT2D eigenvalue weighted by molar-refractivity contribution is 6.07. The van der Waals surface area contributed by atoms with E-state index in [4.69, 9.17) is 0 Å². The highest BCUT2D eigenvalue weighted by atomic mass is 16.2. The lowest BCUT2D eigenvalue weighted by atomic mass is 10.2. The van der Waals surface area contributed by atoms with Crippen LogP contribution in [-0.2, 0) is 0 Å². The monoisotopic (exact) mass is 474 g/mol. The minimum absolute atomic E-state index is 0.149. The van der Waals surface area contributed by atoms with Gasteiger partial charge >= 0.3 is 0 Å². The van der Waals surface area contributed by atoms with Gasteiger partial charge in [-0.3, -0.25) is 14.7 Å². The Bertz CT molecular complexity index is 1060. The molecule has 5 rings (SSSR count). The fraction of sp³-hybridized carbons (Fsp3) is 0.320. The standard InChI is InChI=1S/C25H30N8O2/c34-24(28-18-1-5-20(6-2-18)32-13-9-26-10-14-32)22-17-23(31-30-22)25(35)29-19-3-7-21(8-4-19)33-15-11-27-12-16-33/h1-8,17,26-27H,9-16H2,(H,28,34)(H,29,35)(H,30,31). The van der Waals surface area contributed by atoms with Crippen LogP contribution in [0.15, 0.2) is 54.6 Å². The highest BCUT2D eigenvalue weighted by Crippen LogP contribution is 2.20. The van der Waals surface area contributed by atoms with Gasteiger partial charge in [0.1, 0.15) is 5.69 Å². The molecule has 0 spiro atoms. The Kier molecular flexibility index (Phi) is 6.92. The fourth-order valence-corrected chi connectivity index (χ4v) is 4.31. The van der Waals surface area contributed by atoms with Gasteiger partial charge in [0.25, 0.3) is 11.8 Å². The molecule has 0 atom stereocenters. The molecule has 10 heteroatoms. The van der Waals surface area contributed by atoms with Crippen LogP contribution >= 0.6 is 0 Å². The van der Waals surface area contributed by atoms with Gasteiger partial charge in [-0.2, -0.15) is 5.10 Å². The smallest absolute Gasteiger partial charge is 0.276 e. The SMILES string of the molecule is O=C(Nc1ccc(N2CCNCC2)cc1)c1cc(C(=O)Nc2ccc(N3CCNCC3)cc2)[nH]n1. The van der Waals surface area contributed by atoms with Crippen molar-refractivity contribution in [3.63, 3.8) is 0 Å². The minimum Gasteiger partial charge on any atom is -0.369 e. The van der Waals surface area contributed by atoms with Crippen LogP contribution in [0.2, 0.25) is 0 Å². The fourth-order valence-electron chi connectivity index (χ4n) is 4.31. The zero-order valence-corrected chi connectivity index (χ0v) is 19.5. The van der Waals surface area contributed by atoms with E-state index >= 15 is 0 Å². The molecule has 182 valence electrons. The molecule has 2 saturated heterocycles. The van der Waals surface area contributed by atoms with Crippen LogP contribution in [0.5, 0.6) is 0 Å². The number of aromatic amines is 1. The van der Waals surface area contributed by atoms with Crippen molar-refractivity contribution in [2.45, 2.75) is 0 Å². The van der Waals surface area contributed by atoms with Gasteiger partial charge in [-0.15, -0.1) is 0 Å². The number of piperazine rings is 2. The third-order valence-electron chi connectivity index (χ3n) is 6.27. The van der Waals surface area contributed by atoms with Gasteiger partial charge < -0.3 is 31.1 Å². The van der Waals surface area contributed by atoms with Crippen LogP contribution in [0.1, 0.15) is 21.0 Å². The average Bonchev–Trinajstić information content (AvgIpc) is 3.42. The number of H-pyrrole nitrogens is 1. The topological polar surface area (TPSA) is 117 Å². The number of amides is 2. The lowest BCUT2D eigenvalue weighted by Gasteiger charge is -2.29. The number of anilines is 4. The van der Waals surface area contributed by atoms with Crippen LogP contribution in [0.4, 0.5) is 22.7 Å². The van der Waals surface area contributed by atoms with Crippen molar-refractivity contribution in [2.24, 2.45) is 0 Å². The van der Waals surface area contributed by atoms with E-state index in [2.05, 4.69) is 41.3 Å². The number of rotatable bonds is 6. The van der Waals surface area contributed by atoms with Crippen molar-refractivity contribution in [1.82, 2.24) is 20.8 Å². The molecule has 0 unspecified atom stereocenters. The van der Waals surface area contributed by atoms with Gasteiger partial charge in [0, 0.05) is 81.2 Å². The van der Waals surface area contributed by atoms with Crippen molar-refractivity contribution >= 4 is 34.6 Å². The molecule has 2 aliphatic rings. The molecule has 3 heterocycles. The minimum atomic E-state index is -0.379. The van der Waals surface area contributed by atoms with Gasteiger partial charge in [0.15, 0.2) is 5.69 Å². The van der Waals surface area contributed by atoms with Crippen molar-refractivity contribution in [2.75, 3.05) is 72.8 Å². The zero-order valence-electron chi connectivity index (χ0n) is 19.5. The molecule has 5 N–H and O–H groups in total. The van der Waals surface area contributed by atoms with E-state index in [9.17, 15) is 9.59 Å². The molecule has 10 nitrogen and oxygen atoms in total. The number of aromatic nitrogens is 2. The normalized spacial score (nSPS) is 16.1.